The lowest BCUT2D eigenvalue weighted by Crippen LogP contribution is -2.33. The van der Waals surface area contributed by atoms with E-state index in [1.807, 2.05) is 0 Å². The second kappa shape index (κ2) is 3.07. The predicted molar refractivity (Wildman–Crippen MR) is 56.4 cm³/mol. The van der Waals surface area contributed by atoms with Crippen molar-refractivity contribution >= 4 is 15.9 Å². The first-order valence-electron chi connectivity index (χ1n) is 5.06. The largest absolute Gasteiger partial charge is 0.361 e. The molecule has 0 N–H and O–H groups in total. The number of aromatic nitrogens is 1. The lowest BCUT2D eigenvalue weighted by Gasteiger charge is -2.30. The van der Waals surface area contributed by atoms with Crippen LogP contribution >= 0.6 is 15.9 Å². The molecule has 4 heteroatoms. The van der Waals surface area contributed by atoms with E-state index < -0.39 is 0 Å². The third-order valence-corrected chi connectivity index (χ3v) is 4.13. The molecule has 3 heterocycles. The Kier molecular flexibility index (Phi) is 1.96. The van der Waals surface area contributed by atoms with Crippen LogP contribution in [0, 0.1) is 0 Å². The van der Waals surface area contributed by atoms with E-state index in [1.165, 1.54) is 18.4 Å². The van der Waals surface area contributed by atoms with E-state index >= 15 is 0 Å². The quantitative estimate of drug-likeness (QED) is 0.723. The van der Waals surface area contributed by atoms with Gasteiger partial charge >= 0.3 is 0 Å². The highest BCUT2D eigenvalue weighted by atomic mass is 79.9. The summed E-state index contributed by atoms with van der Waals surface area (Å²) in [5.41, 5.74) is 2.45. The number of rotatable bonds is 1. The SMILES string of the molecule is CN1C2CCC1c1c(CBr)noc1C2. The molecule has 2 bridgehead atoms. The highest BCUT2D eigenvalue weighted by Gasteiger charge is 2.41. The number of nitrogens with zero attached hydrogens (tertiary/aromatic N) is 2. The van der Waals surface area contributed by atoms with Crippen LogP contribution in [0.5, 0.6) is 0 Å². The molecule has 2 aliphatic rings. The van der Waals surface area contributed by atoms with E-state index in [2.05, 4.69) is 33.0 Å². The first-order valence-corrected chi connectivity index (χ1v) is 6.18. The zero-order valence-electron chi connectivity index (χ0n) is 8.16. The molecule has 2 atom stereocenters. The third-order valence-electron chi connectivity index (χ3n) is 3.60. The van der Waals surface area contributed by atoms with E-state index in [9.17, 15) is 0 Å². The van der Waals surface area contributed by atoms with Gasteiger partial charge in [0.25, 0.3) is 0 Å². The van der Waals surface area contributed by atoms with Crippen LogP contribution in [0.3, 0.4) is 0 Å². The van der Waals surface area contributed by atoms with Crippen LogP contribution in [0.15, 0.2) is 4.52 Å². The second-order valence-corrected chi connectivity index (χ2v) is 4.78. The van der Waals surface area contributed by atoms with E-state index in [4.69, 9.17) is 4.52 Å². The molecule has 0 aliphatic carbocycles. The highest BCUT2D eigenvalue weighted by molar-refractivity contribution is 9.08. The van der Waals surface area contributed by atoms with Crippen molar-refractivity contribution in [1.29, 1.82) is 0 Å². The summed E-state index contributed by atoms with van der Waals surface area (Å²) in [4.78, 5) is 2.48. The van der Waals surface area contributed by atoms with Gasteiger partial charge in [0.05, 0.1) is 5.69 Å². The van der Waals surface area contributed by atoms with Gasteiger partial charge in [-0.1, -0.05) is 21.1 Å². The van der Waals surface area contributed by atoms with Gasteiger partial charge in [-0.05, 0) is 19.9 Å². The molecule has 1 aromatic rings. The minimum Gasteiger partial charge on any atom is -0.361 e. The Labute approximate surface area is 91.6 Å². The molecule has 76 valence electrons. The summed E-state index contributed by atoms with van der Waals surface area (Å²) in [5.74, 6) is 1.13. The van der Waals surface area contributed by atoms with Gasteiger partial charge in [0.1, 0.15) is 5.76 Å². The number of fused-ring (bicyclic) bond motifs is 4. The molecule has 1 aromatic heterocycles. The first-order chi connectivity index (χ1) is 6.81. The summed E-state index contributed by atoms with van der Waals surface area (Å²) < 4.78 is 5.40. The maximum atomic E-state index is 5.40. The molecule has 1 fully saturated rings. The highest BCUT2D eigenvalue weighted by Crippen LogP contribution is 2.44. The average Bonchev–Trinajstić information content (AvgIpc) is 2.68. The van der Waals surface area contributed by atoms with Crippen LogP contribution in [-0.2, 0) is 11.8 Å². The molecular weight excluding hydrogens is 244 g/mol. The van der Waals surface area contributed by atoms with Gasteiger partial charge in [0, 0.05) is 29.4 Å². The van der Waals surface area contributed by atoms with E-state index in [1.54, 1.807) is 0 Å². The first kappa shape index (κ1) is 8.92. The Bertz CT molecular complexity index is 363. The molecule has 14 heavy (non-hydrogen) atoms. The van der Waals surface area contributed by atoms with Gasteiger partial charge in [-0.2, -0.15) is 0 Å². The molecule has 3 nitrogen and oxygen atoms in total. The monoisotopic (exact) mass is 256 g/mol. The normalized spacial score (nSPS) is 30.7. The lowest BCUT2D eigenvalue weighted by atomic mass is 9.99. The smallest absolute Gasteiger partial charge is 0.143 e. The maximum Gasteiger partial charge on any atom is 0.143 e. The topological polar surface area (TPSA) is 29.3 Å². The van der Waals surface area contributed by atoms with Crippen LogP contribution in [0.25, 0.3) is 0 Å². The Hall–Kier alpha value is -0.350. The van der Waals surface area contributed by atoms with Gasteiger partial charge in [-0.3, -0.25) is 4.90 Å². The molecule has 2 aliphatic heterocycles. The fraction of sp³-hybridized carbons (Fsp3) is 0.700. The van der Waals surface area contributed by atoms with Gasteiger partial charge in [0.15, 0.2) is 0 Å². The molecule has 1 saturated heterocycles. The van der Waals surface area contributed by atoms with Crippen molar-refractivity contribution < 1.29 is 4.52 Å². The van der Waals surface area contributed by atoms with E-state index in [0.717, 1.165) is 23.2 Å². The standard InChI is InChI=1S/C10H13BrN2O/c1-13-6-2-3-8(13)10-7(5-11)12-14-9(10)4-6/h6,8H,2-5H2,1H3. The van der Waals surface area contributed by atoms with Gasteiger partial charge in [0.2, 0.25) is 0 Å². The van der Waals surface area contributed by atoms with Crippen LogP contribution in [0.4, 0.5) is 0 Å². The van der Waals surface area contributed by atoms with Crippen molar-refractivity contribution in [2.45, 2.75) is 36.7 Å². The Morgan fingerprint density at radius 3 is 3.21 bits per heavy atom. The van der Waals surface area contributed by atoms with Crippen molar-refractivity contribution in [2.75, 3.05) is 7.05 Å². The summed E-state index contributed by atoms with van der Waals surface area (Å²) >= 11 is 3.46. The Balaban J connectivity index is 2.10. The zero-order chi connectivity index (χ0) is 9.71. The number of alkyl halides is 1. The van der Waals surface area contributed by atoms with Gasteiger partial charge in [-0.25, -0.2) is 0 Å². The molecular formula is C10H13BrN2O. The van der Waals surface area contributed by atoms with Crippen molar-refractivity contribution in [1.82, 2.24) is 10.1 Å². The number of hydrogen-bond acceptors (Lipinski definition) is 3. The van der Waals surface area contributed by atoms with Crippen LogP contribution < -0.4 is 0 Å². The van der Waals surface area contributed by atoms with Crippen LogP contribution in [0.1, 0.15) is 35.9 Å². The predicted octanol–water partition coefficient (Wildman–Crippen LogP) is 2.26. The Morgan fingerprint density at radius 2 is 2.43 bits per heavy atom. The van der Waals surface area contributed by atoms with Crippen molar-refractivity contribution in [2.24, 2.45) is 0 Å². The molecule has 0 spiro atoms. The van der Waals surface area contributed by atoms with Crippen LogP contribution in [-0.4, -0.2) is 23.1 Å². The van der Waals surface area contributed by atoms with Crippen molar-refractivity contribution in [3.05, 3.63) is 17.0 Å². The van der Waals surface area contributed by atoms with Gasteiger partial charge in [-0.15, -0.1) is 0 Å². The lowest BCUT2D eigenvalue weighted by molar-refractivity contribution is 0.206. The summed E-state index contributed by atoms with van der Waals surface area (Å²) in [6.07, 6.45) is 3.60. The molecule has 0 amide bonds. The minimum atomic E-state index is 0.558. The second-order valence-electron chi connectivity index (χ2n) is 4.22. The molecule has 0 saturated carbocycles. The Morgan fingerprint density at radius 1 is 1.57 bits per heavy atom. The van der Waals surface area contributed by atoms with Gasteiger partial charge < -0.3 is 4.52 Å². The van der Waals surface area contributed by atoms with Crippen molar-refractivity contribution in [3.63, 3.8) is 0 Å². The van der Waals surface area contributed by atoms with E-state index in [0.29, 0.717) is 12.1 Å². The maximum absolute atomic E-state index is 5.40. The summed E-state index contributed by atoms with van der Waals surface area (Å²) in [6.45, 7) is 0. The molecule has 2 unspecified atom stereocenters. The molecule has 0 radical (unpaired) electrons. The fourth-order valence-electron chi connectivity index (χ4n) is 2.81. The van der Waals surface area contributed by atoms with Crippen LogP contribution in [0.2, 0.25) is 0 Å². The fourth-order valence-corrected chi connectivity index (χ4v) is 3.22. The minimum absolute atomic E-state index is 0.558. The number of hydrogen-bond donors (Lipinski definition) is 0. The van der Waals surface area contributed by atoms with E-state index in [-0.39, 0.29) is 0 Å². The summed E-state index contributed by atoms with van der Waals surface area (Å²) in [6, 6.07) is 1.24. The average molecular weight is 257 g/mol. The molecule has 3 rings (SSSR count). The number of halogens is 1. The molecule has 0 aromatic carbocycles. The van der Waals surface area contributed by atoms with Crippen molar-refractivity contribution in [3.8, 4) is 0 Å². The summed E-state index contributed by atoms with van der Waals surface area (Å²) in [5, 5.41) is 4.93. The third kappa shape index (κ3) is 1.04. The summed E-state index contributed by atoms with van der Waals surface area (Å²) in [7, 11) is 2.22. The number of likely N-dealkylation sites (N-methyl/N-ethyl adjacent to an activating group) is 1. The zero-order valence-corrected chi connectivity index (χ0v) is 9.75.